The zero-order chi connectivity index (χ0) is 16.3. The van der Waals surface area contributed by atoms with Gasteiger partial charge < -0.3 is 9.52 Å². The summed E-state index contributed by atoms with van der Waals surface area (Å²) in [6.45, 7) is 9.00. The summed E-state index contributed by atoms with van der Waals surface area (Å²) in [5.41, 5.74) is -0.682. The lowest BCUT2D eigenvalue weighted by atomic mass is 10.2. The highest BCUT2D eigenvalue weighted by Crippen LogP contribution is 2.34. The normalized spacial score (nSPS) is 12.5. The molecule has 22 heavy (non-hydrogen) atoms. The molecule has 0 aliphatic carbocycles. The third-order valence-electron chi connectivity index (χ3n) is 3.14. The van der Waals surface area contributed by atoms with Crippen molar-refractivity contribution in [2.24, 2.45) is 0 Å². The van der Waals surface area contributed by atoms with Crippen LogP contribution in [0.5, 0.6) is 5.75 Å². The quantitative estimate of drug-likeness (QED) is 0.846. The molecule has 0 aliphatic heterocycles. The first kappa shape index (κ1) is 15.8. The van der Waals surface area contributed by atoms with Crippen molar-refractivity contribution in [3.8, 4) is 5.75 Å². The van der Waals surface area contributed by atoms with Crippen molar-refractivity contribution in [3.05, 3.63) is 64.7 Å². The van der Waals surface area contributed by atoms with E-state index < -0.39 is 26.5 Å². The van der Waals surface area contributed by atoms with E-state index in [1.54, 1.807) is 25.1 Å². The van der Waals surface area contributed by atoms with E-state index in [-0.39, 0.29) is 10.5 Å². The Morgan fingerprint density at radius 2 is 2.00 bits per heavy atom. The average Bonchev–Trinajstić information content (AvgIpc) is 2.52. The van der Waals surface area contributed by atoms with Crippen molar-refractivity contribution in [3.63, 3.8) is 0 Å². The predicted octanol–water partition coefficient (Wildman–Crippen LogP) is 2.42. The van der Waals surface area contributed by atoms with E-state index >= 15 is 0 Å². The lowest BCUT2D eigenvalue weighted by Crippen LogP contribution is -2.14. The first-order valence-electron chi connectivity index (χ1n) is 6.47. The molecule has 0 aliphatic rings. The van der Waals surface area contributed by atoms with E-state index in [1.807, 2.05) is 0 Å². The van der Waals surface area contributed by atoms with E-state index in [4.69, 9.17) is 16.4 Å². The SMILES string of the molecule is [C-]#[N+]C(c1cc(CC)oc(=N)c1O)S(=O)(=O)c1ccccc1. The van der Waals surface area contributed by atoms with Gasteiger partial charge in [0.1, 0.15) is 11.3 Å². The lowest BCUT2D eigenvalue weighted by molar-refractivity contribution is 0.374. The third-order valence-corrected chi connectivity index (χ3v) is 5.01. The maximum atomic E-state index is 12.6. The number of sulfone groups is 1. The zero-order valence-corrected chi connectivity index (χ0v) is 12.6. The Bertz CT molecular complexity index is 880. The summed E-state index contributed by atoms with van der Waals surface area (Å²) in [7, 11) is -4.01. The van der Waals surface area contributed by atoms with Crippen LogP contribution in [0.2, 0.25) is 0 Å². The Morgan fingerprint density at radius 1 is 1.36 bits per heavy atom. The van der Waals surface area contributed by atoms with E-state index in [9.17, 15) is 13.5 Å². The van der Waals surface area contributed by atoms with Gasteiger partial charge >= 0.3 is 5.37 Å². The smallest absolute Gasteiger partial charge is 0.354 e. The molecule has 1 unspecified atom stereocenters. The van der Waals surface area contributed by atoms with Crippen molar-refractivity contribution in [2.45, 2.75) is 23.6 Å². The number of nitrogens with one attached hydrogen (secondary N) is 1. The van der Waals surface area contributed by atoms with Crippen LogP contribution in [0.25, 0.3) is 4.85 Å². The molecular formula is C15H14N2O4S. The van der Waals surface area contributed by atoms with Gasteiger partial charge in [0.15, 0.2) is 5.75 Å². The monoisotopic (exact) mass is 318 g/mol. The summed E-state index contributed by atoms with van der Waals surface area (Å²) >= 11 is 0. The molecule has 1 atom stereocenters. The predicted molar refractivity (Wildman–Crippen MR) is 78.6 cm³/mol. The molecule has 0 bridgehead atoms. The van der Waals surface area contributed by atoms with Crippen molar-refractivity contribution < 1.29 is 17.9 Å². The fourth-order valence-corrected chi connectivity index (χ4v) is 3.44. The molecule has 0 saturated carbocycles. The molecule has 2 N–H and O–H groups in total. The van der Waals surface area contributed by atoms with Crippen molar-refractivity contribution in [1.29, 1.82) is 5.41 Å². The second-order valence-electron chi connectivity index (χ2n) is 4.54. The second-order valence-corrected chi connectivity index (χ2v) is 6.55. The highest BCUT2D eigenvalue weighted by molar-refractivity contribution is 7.91. The summed E-state index contributed by atoms with van der Waals surface area (Å²) in [5.74, 6) is -0.299. The highest BCUT2D eigenvalue weighted by Gasteiger charge is 2.37. The van der Waals surface area contributed by atoms with Crippen LogP contribution in [-0.4, -0.2) is 13.5 Å². The first-order valence-corrected chi connectivity index (χ1v) is 8.02. The maximum absolute atomic E-state index is 12.6. The molecule has 2 aromatic rings. The van der Waals surface area contributed by atoms with Gasteiger partial charge in [-0.2, -0.15) is 0 Å². The summed E-state index contributed by atoms with van der Waals surface area (Å²) in [6.07, 6.45) is 0.412. The van der Waals surface area contributed by atoms with Crippen LogP contribution in [0.4, 0.5) is 0 Å². The third kappa shape index (κ3) is 2.73. The van der Waals surface area contributed by atoms with Gasteiger partial charge in [-0.25, -0.2) is 15.0 Å². The fraction of sp³-hybridized carbons (Fsp3) is 0.200. The zero-order valence-electron chi connectivity index (χ0n) is 11.8. The van der Waals surface area contributed by atoms with Crippen LogP contribution in [0, 0.1) is 12.0 Å². The summed E-state index contributed by atoms with van der Waals surface area (Å²) < 4.78 is 30.3. The Balaban J connectivity index is 2.67. The first-order chi connectivity index (χ1) is 10.4. The summed E-state index contributed by atoms with van der Waals surface area (Å²) in [4.78, 5) is 3.15. The minimum absolute atomic E-state index is 0.0132. The molecule has 0 radical (unpaired) electrons. The van der Waals surface area contributed by atoms with Crippen LogP contribution >= 0.6 is 0 Å². The molecule has 1 aromatic carbocycles. The van der Waals surface area contributed by atoms with Crippen LogP contribution < -0.4 is 5.55 Å². The minimum Gasteiger partial charge on any atom is -0.503 e. The number of aryl methyl sites for hydroxylation is 1. The van der Waals surface area contributed by atoms with Crippen LogP contribution in [0.15, 0.2) is 45.7 Å². The molecule has 7 heteroatoms. The van der Waals surface area contributed by atoms with E-state index in [1.165, 1.54) is 18.2 Å². The topological polar surface area (TPSA) is 95.7 Å². The molecule has 0 spiro atoms. The molecule has 1 aromatic heterocycles. The van der Waals surface area contributed by atoms with E-state index in [2.05, 4.69) is 4.85 Å². The number of hydrogen-bond donors (Lipinski definition) is 2. The van der Waals surface area contributed by atoms with Crippen LogP contribution in [0.1, 0.15) is 23.6 Å². The van der Waals surface area contributed by atoms with Gasteiger partial charge in [0, 0.05) is 6.42 Å². The molecule has 6 nitrogen and oxygen atoms in total. The van der Waals surface area contributed by atoms with Crippen LogP contribution in [-0.2, 0) is 16.3 Å². The number of hydrogen-bond acceptors (Lipinski definition) is 5. The number of nitrogens with zero attached hydrogens (tertiary/aromatic N) is 1. The standard InChI is InChI=1S/C15H14N2O4S/c1-3-10-9-12(13(18)14(16)21-10)15(17-2)22(19,20)11-7-5-4-6-8-11/h4-9,15-16,18H,3H2,1H3. The molecular weight excluding hydrogens is 304 g/mol. The average molecular weight is 318 g/mol. The Hall–Kier alpha value is -2.59. The number of rotatable bonds is 4. The highest BCUT2D eigenvalue weighted by atomic mass is 32.2. The van der Waals surface area contributed by atoms with Gasteiger partial charge in [-0.15, -0.1) is 0 Å². The largest absolute Gasteiger partial charge is 0.503 e. The molecule has 0 saturated heterocycles. The summed E-state index contributed by atoms with van der Waals surface area (Å²) in [6, 6.07) is 8.88. The van der Waals surface area contributed by atoms with Crippen molar-refractivity contribution in [1.82, 2.24) is 0 Å². The summed E-state index contributed by atoms with van der Waals surface area (Å²) in [5, 5.41) is 15.9. The number of aromatic hydroxyl groups is 1. The van der Waals surface area contributed by atoms with E-state index in [0.29, 0.717) is 12.2 Å². The Morgan fingerprint density at radius 3 is 2.55 bits per heavy atom. The van der Waals surface area contributed by atoms with Gasteiger partial charge in [0.05, 0.1) is 4.90 Å². The van der Waals surface area contributed by atoms with E-state index in [0.717, 1.165) is 0 Å². The molecule has 0 fully saturated rings. The number of benzene rings is 1. The second kappa shape index (κ2) is 6.03. The fourth-order valence-electron chi connectivity index (χ4n) is 1.99. The van der Waals surface area contributed by atoms with Crippen LogP contribution in [0.3, 0.4) is 0 Å². The molecule has 1 heterocycles. The van der Waals surface area contributed by atoms with Gasteiger partial charge in [0.2, 0.25) is 0 Å². The minimum atomic E-state index is -4.01. The van der Waals surface area contributed by atoms with Crippen molar-refractivity contribution in [2.75, 3.05) is 0 Å². The molecule has 2 rings (SSSR count). The van der Waals surface area contributed by atoms with Crippen molar-refractivity contribution >= 4 is 9.84 Å². The van der Waals surface area contributed by atoms with Gasteiger partial charge in [0.25, 0.3) is 15.4 Å². The molecule has 114 valence electrons. The van der Waals surface area contributed by atoms with Gasteiger partial charge in [-0.3, -0.25) is 10.3 Å². The van der Waals surface area contributed by atoms with Gasteiger partial charge in [-0.05, 0) is 18.2 Å². The maximum Gasteiger partial charge on any atom is 0.354 e. The molecule has 0 amide bonds. The van der Waals surface area contributed by atoms with Gasteiger partial charge in [-0.1, -0.05) is 25.1 Å². The lowest BCUT2D eigenvalue weighted by Gasteiger charge is -2.10. The Kier molecular flexibility index (Phi) is 4.33. The Labute approximate surface area is 127 Å².